The quantitative estimate of drug-likeness (QED) is 0.830. The van der Waals surface area contributed by atoms with Crippen LogP contribution in [0, 0.1) is 11.6 Å². The van der Waals surface area contributed by atoms with E-state index in [1.165, 1.54) is 24.3 Å². The summed E-state index contributed by atoms with van der Waals surface area (Å²) >= 11 is 3.22. The Bertz CT molecular complexity index is 610. The number of nitrogens with one attached hydrogen (secondary N) is 1. The first-order chi connectivity index (χ1) is 10.1. The van der Waals surface area contributed by atoms with Gasteiger partial charge in [0.05, 0.1) is 0 Å². The zero-order valence-corrected chi connectivity index (χ0v) is 12.6. The van der Waals surface area contributed by atoms with Gasteiger partial charge in [0.15, 0.2) is 11.6 Å². The largest absolute Gasteiger partial charge is 0.488 e. The fourth-order valence-corrected chi connectivity index (χ4v) is 2.16. The first-order valence-electron chi connectivity index (χ1n) is 6.30. The van der Waals surface area contributed by atoms with Gasteiger partial charge >= 0.3 is 0 Å². The summed E-state index contributed by atoms with van der Waals surface area (Å²) in [6.45, 7) is 0.144. The van der Waals surface area contributed by atoms with E-state index >= 15 is 0 Å². The van der Waals surface area contributed by atoms with Gasteiger partial charge in [0, 0.05) is 16.7 Å². The molecule has 0 aliphatic rings. The standard InChI is InChI=1S/C15H14BrF2NO2/c16-12-7-10(17)5-6-14(12)19-8-11(20)9-21-15-4-2-1-3-13(15)18/h1-7,11,19-20H,8-9H2. The molecule has 0 heterocycles. The number of hydrogen-bond acceptors (Lipinski definition) is 3. The second kappa shape index (κ2) is 7.38. The summed E-state index contributed by atoms with van der Waals surface area (Å²) in [5.41, 5.74) is 0.654. The third-order valence-corrected chi connectivity index (χ3v) is 3.38. The molecule has 0 bridgehead atoms. The van der Waals surface area contributed by atoms with E-state index < -0.39 is 11.9 Å². The predicted octanol–water partition coefficient (Wildman–Crippen LogP) is 3.58. The molecular formula is C15H14BrF2NO2. The molecule has 6 heteroatoms. The van der Waals surface area contributed by atoms with Crippen LogP contribution in [0.2, 0.25) is 0 Å². The lowest BCUT2D eigenvalue weighted by molar-refractivity contribution is 0.115. The zero-order chi connectivity index (χ0) is 15.2. The van der Waals surface area contributed by atoms with Crippen molar-refractivity contribution in [2.75, 3.05) is 18.5 Å². The Kier molecular flexibility index (Phi) is 5.52. The molecule has 0 saturated heterocycles. The molecule has 1 unspecified atom stereocenters. The lowest BCUT2D eigenvalue weighted by Crippen LogP contribution is -2.26. The molecule has 21 heavy (non-hydrogen) atoms. The Labute approximate surface area is 129 Å². The van der Waals surface area contributed by atoms with E-state index in [0.29, 0.717) is 10.2 Å². The number of aliphatic hydroxyl groups excluding tert-OH is 1. The van der Waals surface area contributed by atoms with Crippen molar-refractivity contribution >= 4 is 21.6 Å². The Hall–Kier alpha value is -1.66. The van der Waals surface area contributed by atoms with Crippen molar-refractivity contribution in [1.29, 1.82) is 0 Å². The molecule has 0 fully saturated rings. The van der Waals surface area contributed by atoms with Gasteiger partial charge in [0.25, 0.3) is 0 Å². The number of anilines is 1. The van der Waals surface area contributed by atoms with Crippen LogP contribution in [0.4, 0.5) is 14.5 Å². The van der Waals surface area contributed by atoms with Crippen molar-refractivity contribution in [3.8, 4) is 5.75 Å². The van der Waals surface area contributed by atoms with Crippen LogP contribution in [-0.2, 0) is 0 Å². The third-order valence-electron chi connectivity index (χ3n) is 2.73. The molecule has 2 rings (SSSR count). The normalized spacial score (nSPS) is 12.0. The average Bonchev–Trinajstić information content (AvgIpc) is 2.45. The van der Waals surface area contributed by atoms with Gasteiger partial charge < -0.3 is 15.2 Å². The van der Waals surface area contributed by atoms with E-state index in [-0.39, 0.29) is 24.7 Å². The van der Waals surface area contributed by atoms with Crippen molar-refractivity contribution in [1.82, 2.24) is 0 Å². The highest BCUT2D eigenvalue weighted by Gasteiger charge is 2.09. The van der Waals surface area contributed by atoms with Crippen LogP contribution in [0.1, 0.15) is 0 Å². The SMILES string of the molecule is OC(CNc1ccc(F)cc1Br)COc1ccccc1F. The van der Waals surface area contributed by atoms with Crippen LogP contribution >= 0.6 is 15.9 Å². The highest BCUT2D eigenvalue weighted by Crippen LogP contribution is 2.23. The number of rotatable bonds is 6. The molecule has 0 radical (unpaired) electrons. The number of benzene rings is 2. The predicted molar refractivity (Wildman–Crippen MR) is 80.5 cm³/mol. The molecule has 0 saturated carbocycles. The van der Waals surface area contributed by atoms with Crippen LogP contribution in [0.25, 0.3) is 0 Å². The Balaban J connectivity index is 1.82. The van der Waals surface area contributed by atoms with Gasteiger partial charge in [-0.05, 0) is 46.3 Å². The smallest absolute Gasteiger partial charge is 0.165 e. The number of aliphatic hydroxyl groups is 1. The van der Waals surface area contributed by atoms with E-state index in [2.05, 4.69) is 21.2 Å². The fourth-order valence-electron chi connectivity index (χ4n) is 1.67. The van der Waals surface area contributed by atoms with Gasteiger partial charge in [-0.3, -0.25) is 0 Å². The van der Waals surface area contributed by atoms with Crippen LogP contribution < -0.4 is 10.1 Å². The van der Waals surface area contributed by atoms with E-state index in [0.717, 1.165) is 0 Å². The minimum atomic E-state index is -0.832. The number of ether oxygens (including phenoxy) is 1. The minimum absolute atomic E-state index is 0.0489. The molecule has 2 aromatic rings. The lowest BCUT2D eigenvalue weighted by atomic mass is 10.3. The van der Waals surface area contributed by atoms with E-state index in [1.807, 2.05) is 0 Å². The van der Waals surface area contributed by atoms with Crippen molar-refractivity contribution in [3.63, 3.8) is 0 Å². The second-order valence-electron chi connectivity index (χ2n) is 4.40. The molecule has 0 amide bonds. The summed E-state index contributed by atoms with van der Waals surface area (Å²) in [7, 11) is 0. The molecule has 2 N–H and O–H groups in total. The molecule has 0 aliphatic carbocycles. The fraction of sp³-hybridized carbons (Fsp3) is 0.200. The van der Waals surface area contributed by atoms with Crippen LogP contribution in [0.15, 0.2) is 46.9 Å². The topological polar surface area (TPSA) is 41.5 Å². The maximum Gasteiger partial charge on any atom is 0.165 e. The van der Waals surface area contributed by atoms with Crippen LogP contribution in [0.5, 0.6) is 5.75 Å². The van der Waals surface area contributed by atoms with Gasteiger partial charge in [0.1, 0.15) is 18.5 Å². The maximum absolute atomic E-state index is 13.3. The summed E-state index contributed by atoms with van der Waals surface area (Å²) in [6.07, 6.45) is -0.832. The molecule has 3 nitrogen and oxygen atoms in total. The van der Waals surface area contributed by atoms with Gasteiger partial charge in [-0.1, -0.05) is 12.1 Å². The highest BCUT2D eigenvalue weighted by atomic mass is 79.9. The Morgan fingerprint density at radius 2 is 1.95 bits per heavy atom. The van der Waals surface area contributed by atoms with E-state index in [1.54, 1.807) is 18.2 Å². The number of halogens is 3. The summed E-state index contributed by atoms with van der Waals surface area (Å²) in [4.78, 5) is 0. The first-order valence-corrected chi connectivity index (χ1v) is 7.10. The van der Waals surface area contributed by atoms with E-state index in [9.17, 15) is 13.9 Å². The summed E-state index contributed by atoms with van der Waals surface area (Å²) in [5, 5.41) is 12.8. The van der Waals surface area contributed by atoms with Gasteiger partial charge in [-0.15, -0.1) is 0 Å². The molecule has 112 valence electrons. The summed E-state index contributed by atoms with van der Waals surface area (Å²) in [6, 6.07) is 10.2. The van der Waals surface area contributed by atoms with Crippen molar-refractivity contribution in [3.05, 3.63) is 58.6 Å². The van der Waals surface area contributed by atoms with Crippen LogP contribution in [-0.4, -0.2) is 24.4 Å². The average molecular weight is 358 g/mol. The summed E-state index contributed by atoms with van der Waals surface area (Å²) < 4.78 is 32.0. The summed E-state index contributed by atoms with van der Waals surface area (Å²) in [5.74, 6) is -0.727. The van der Waals surface area contributed by atoms with Crippen molar-refractivity contribution in [2.24, 2.45) is 0 Å². The van der Waals surface area contributed by atoms with Gasteiger partial charge in [-0.2, -0.15) is 0 Å². The molecular weight excluding hydrogens is 344 g/mol. The minimum Gasteiger partial charge on any atom is -0.488 e. The van der Waals surface area contributed by atoms with Gasteiger partial charge in [-0.25, -0.2) is 8.78 Å². The third kappa shape index (κ3) is 4.68. The zero-order valence-electron chi connectivity index (χ0n) is 11.0. The van der Waals surface area contributed by atoms with E-state index in [4.69, 9.17) is 4.74 Å². The molecule has 1 atom stereocenters. The second-order valence-corrected chi connectivity index (χ2v) is 5.25. The monoisotopic (exact) mass is 357 g/mol. The van der Waals surface area contributed by atoms with Gasteiger partial charge in [0.2, 0.25) is 0 Å². The Morgan fingerprint density at radius 3 is 2.67 bits per heavy atom. The lowest BCUT2D eigenvalue weighted by Gasteiger charge is -2.15. The first kappa shape index (κ1) is 15.7. The molecule has 0 aromatic heterocycles. The number of hydrogen-bond donors (Lipinski definition) is 2. The van der Waals surface area contributed by atoms with Crippen LogP contribution in [0.3, 0.4) is 0 Å². The van der Waals surface area contributed by atoms with Crippen molar-refractivity contribution < 1.29 is 18.6 Å². The molecule has 0 spiro atoms. The van der Waals surface area contributed by atoms with Crippen molar-refractivity contribution in [2.45, 2.75) is 6.10 Å². The molecule has 2 aromatic carbocycles. The Morgan fingerprint density at radius 1 is 1.19 bits per heavy atom. The number of para-hydroxylation sites is 1. The highest BCUT2D eigenvalue weighted by molar-refractivity contribution is 9.10. The molecule has 0 aliphatic heterocycles. The maximum atomic E-state index is 13.3.